The number of aliphatic hydroxyl groups is 1. The van der Waals surface area contributed by atoms with Crippen molar-refractivity contribution in [3.8, 4) is 11.8 Å². The molecule has 0 aromatic heterocycles. The quantitative estimate of drug-likeness (QED) is 0.589. The summed E-state index contributed by atoms with van der Waals surface area (Å²) in [5.41, 5.74) is 2.04. The number of unbranched alkanes of at least 4 members (excludes halogenated alkanes) is 2. The molecule has 15 heavy (non-hydrogen) atoms. The minimum absolute atomic E-state index is 0.637. The van der Waals surface area contributed by atoms with Gasteiger partial charge in [0, 0.05) is 6.42 Å². The van der Waals surface area contributed by atoms with Crippen LogP contribution < -0.4 is 0 Å². The molecule has 0 radical (unpaired) electrons. The van der Waals surface area contributed by atoms with Crippen LogP contribution in [-0.4, -0.2) is 5.11 Å². The van der Waals surface area contributed by atoms with E-state index in [2.05, 4.69) is 18.8 Å². The van der Waals surface area contributed by atoms with Crippen molar-refractivity contribution >= 4 is 0 Å². The highest BCUT2D eigenvalue weighted by atomic mass is 16.3. The molecule has 0 aliphatic rings. The fraction of sp³-hybridized carbons (Fsp3) is 0.429. The van der Waals surface area contributed by atoms with Crippen LogP contribution in [0, 0.1) is 18.8 Å². The van der Waals surface area contributed by atoms with Crippen molar-refractivity contribution in [2.75, 3.05) is 0 Å². The summed E-state index contributed by atoms with van der Waals surface area (Å²) < 4.78 is 0. The lowest BCUT2D eigenvalue weighted by Gasteiger charge is -2.03. The third kappa shape index (κ3) is 4.18. The molecule has 1 heteroatoms. The molecule has 0 aliphatic heterocycles. The van der Waals surface area contributed by atoms with Crippen LogP contribution in [0.5, 0.6) is 0 Å². The Morgan fingerprint density at radius 1 is 1.40 bits per heavy atom. The van der Waals surface area contributed by atoms with Crippen LogP contribution in [0.25, 0.3) is 0 Å². The lowest BCUT2D eigenvalue weighted by Crippen LogP contribution is -1.93. The van der Waals surface area contributed by atoms with Crippen molar-refractivity contribution in [1.29, 1.82) is 0 Å². The smallest absolute Gasteiger partial charge is 0.140 e. The van der Waals surface area contributed by atoms with Gasteiger partial charge in [-0.15, -0.1) is 5.92 Å². The molecule has 1 aromatic rings. The predicted molar refractivity (Wildman–Crippen MR) is 63.4 cm³/mol. The average molecular weight is 202 g/mol. The number of aliphatic hydroxyl groups excluding tert-OH is 1. The summed E-state index contributed by atoms with van der Waals surface area (Å²) in [6.45, 7) is 4.15. The fourth-order valence-electron chi connectivity index (χ4n) is 1.36. The lowest BCUT2D eigenvalue weighted by molar-refractivity contribution is 0.238. The van der Waals surface area contributed by atoms with Crippen molar-refractivity contribution in [2.45, 2.75) is 39.2 Å². The average Bonchev–Trinajstić information content (AvgIpc) is 2.24. The molecular formula is C14H18O. The van der Waals surface area contributed by atoms with Gasteiger partial charge in [-0.25, -0.2) is 0 Å². The van der Waals surface area contributed by atoms with E-state index in [9.17, 15) is 5.11 Å². The van der Waals surface area contributed by atoms with E-state index < -0.39 is 6.10 Å². The Hall–Kier alpha value is -1.26. The number of aryl methyl sites for hydroxylation is 1. The van der Waals surface area contributed by atoms with Crippen molar-refractivity contribution in [3.63, 3.8) is 0 Å². The molecule has 0 amide bonds. The van der Waals surface area contributed by atoms with Crippen molar-refractivity contribution in [1.82, 2.24) is 0 Å². The molecule has 0 saturated heterocycles. The van der Waals surface area contributed by atoms with Gasteiger partial charge in [-0.05, 0) is 18.9 Å². The number of hydrogen-bond donors (Lipinski definition) is 1. The van der Waals surface area contributed by atoms with Crippen molar-refractivity contribution in [2.24, 2.45) is 0 Å². The first-order valence-electron chi connectivity index (χ1n) is 5.47. The first-order chi connectivity index (χ1) is 7.24. The van der Waals surface area contributed by atoms with E-state index in [4.69, 9.17) is 0 Å². The summed E-state index contributed by atoms with van der Waals surface area (Å²) in [7, 11) is 0. The van der Waals surface area contributed by atoms with Gasteiger partial charge in [0.25, 0.3) is 0 Å². The largest absolute Gasteiger partial charge is 0.376 e. The second-order valence-corrected chi connectivity index (χ2v) is 3.74. The summed E-state index contributed by atoms with van der Waals surface area (Å²) in [6, 6.07) is 7.84. The molecule has 0 bridgehead atoms. The summed E-state index contributed by atoms with van der Waals surface area (Å²) in [5, 5.41) is 9.77. The predicted octanol–water partition coefficient (Wildman–Crippen LogP) is 3.22. The van der Waals surface area contributed by atoms with Crippen LogP contribution >= 0.6 is 0 Å². The monoisotopic (exact) mass is 202 g/mol. The zero-order valence-electron chi connectivity index (χ0n) is 9.46. The maximum atomic E-state index is 9.77. The molecule has 1 N–H and O–H groups in total. The highest BCUT2D eigenvalue weighted by Gasteiger charge is 2.01. The van der Waals surface area contributed by atoms with E-state index >= 15 is 0 Å². The fourth-order valence-corrected chi connectivity index (χ4v) is 1.36. The van der Waals surface area contributed by atoms with Crippen molar-refractivity contribution < 1.29 is 5.11 Å². The lowest BCUT2D eigenvalue weighted by atomic mass is 10.1. The Bertz CT molecular complexity index is 357. The Labute approximate surface area is 92.1 Å². The van der Waals surface area contributed by atoms with Crippen LogP contribution in [0.15, 0.2) is 24.3 Å². The van der Waals surface area contributed by atoms with Gasteiger partial charge in [0.15, 0.2) is 0 Å². The summed E-state index contributed by atoms with van der Waals surface area (Å²) in [6.07, 6.45) is 2.49. The first kappa shape index (κ1) is 11.8. The maximum absolute atomic E-state index is 9.77. The Morgan fingerprint density at radius 2 is 2.20 bits per heavy atom. The van der Waals surface area contributed by atoms with Crippen LogP contribution in [-0.2, 0) is 0 Å². The minimum Gasteiger partial charge on any atom is -0.376 e. The molecule has 1 nitrogen and oxygen atoms in total. The van der Waals surface area contributed by atoms with Gasteiger partial charge in [-0.2, -0.15) is 0 Å². The summed E-state index contributed by atoms with van der Waals surface area (Å²) >= 11 is 0. The number of rotatable bonds is 3. The standard InChI is InChI=1S/C14H18O/c1-3-4-5-6-10-14(15)13-9-7-8-12(2)11-13/h7-9,11,14-15H,3-5H2,1-2H3. The van der Waals surface area contributed by atoms with Crippen molar-refractivity contribution in [3.05, 3.63) is 35.4 Å². The first-order valence-corrected chi connectivity index (χ1v) is 5.47. The van der Waals surface area contributed by atoms with Gasteiger partial charge in [-0.3, -0.25) is 0 Å². The van der Waals surface area contributed by atoms with E-state index in [1.807, 2.05) is 31.2 Å². The van der Waals surface area contributed by atoms with E-state index in [-0.39, 0.29) is 0 Å². The van der Waals surface area contributed by atoms with Gasteiger partial charge < -0.3 is 5.11 Å². The van der Waals surface area contributed by atoms with E-state index in [1.54, 1.807) is 0 Å². The SMILES string of the molecule is CCCCC#CC(O)c1cccc(C)c1. The third-order valence-electron chi connectivity index (χ3n) is 2.25. The van der Waals surface area contributed by atoms with Crippen LogP contribution in [0.3, 0.4) is 0 Å². The third-order valence-corrected chi connectivity index (χ3v) is 2.25. The number of hydrogen-bond acceptors (Lipinski definition) is 1. The Kier molecular flexibility index (Phi) is 4.93. The van der Waals surface area contributed by atoms with E-state index in [0.29, 0.717) is 0 Å². The van der Waals surface area contributed by atoms with Crippen LogP contribution in [0.4, 0.5) is 0 Å². The van der Waals surface area contributed by atoms with Crippen LogP contribution in [0.2, 0.25) is 0 Å². The second kappa shape index (κ2) is 6.27. The molecular weight excluding hydrogens is 184 g/mol. The zero-order valence-corrected chi connectivity index (χ0v) is 9.46. The topological polar surface area (TPSA) is 20.2 Å². The zero-order chi connectivity index (χ0) is 11.1. The van der Waals surface area contributed by atoms with Gasteiger partial charge in [-0.1, -0.05) is 49.1 Å². The molecule has 0 saturated carbocycles. The molecule has 1 unspecified atom stereocenters. The highest BCUT2D eigenvalue weighted by Crippen LogP contribution is 2.13. The molecule has 0 spiro atoms. The Morgan fingerprint density at radius 3 is 2.87 bits per heavy atom. The molecule has 0 fully saturated rings. The van der Waals surface area contributed by atoms with Gasteiger partial charge in [0.05, 0.1) is 0 Å². The van der Waals surface area contributed by atoms with Crippen LogP contribution in [0.1, 0.15) is 43.4 Å². The molecule has 1 atom stereocenters. The van der Waals surface area contributed by atoms with E-state index in [0.717, 1.165) is 30.4 Å². The molecule has 80 valence electrons. The number of benzene rings is 1. The summed E-state index contributed by atoms with van der Waals surface area (Å²) in [4.78, 5) is 0. The van der Waals surface area contributed by atoms with Gasteiger partial charge >= 0.3 is 0 Å². The summed E-state index contributed by atoms with van der Waals surface area (Å²) in [5.74, 6) is 5.87. The molecule has 1 rings (SSSR count). The minimum atomic E-state index is -0.637. The second-order valence-electron chi connectivity index (χ2n) is 3.74. The normalized spacial score (nSPS) is 11.7. The highest BCUT2D eigenvalue weighted by molar-refractivity contribution is 5.28. The Balaban J connectivity index is 2.59. The van der Waals surface area contributed by atoms with E-state index in [1.165, 1.54) is 0 Å². The van der Waals surface area contributed by atoms with Gasteiger partial charge in [0.1, 0.15) is 6.10 Å². The maximum Gasteiger partial charge on any atom is 0.140 e. The molecule has 1 aromatic carbocycles. The molecule has 0 heterocycles. The van der Waals surface area contributed by atoms with Gasteiger partial charge in [0.2, 0.25) is 0 Å². The molecule has 0 aliphatic carbocycles.